The Kier molecular flexibility index (Phi) is 3.93. The zero-order chi connectivity index (χ0) is 13.1. The quantitative estimate of drug-likeness (QED) is 0.823. The summed E-state index contributed by atoms with van der Waals surface area (Å²) in [5.41, 5.74) is 0.667. The molecule has 18 heavy (non-hydrogen) atoms. The van der Waals surface area contributed by atoms with Crippen LogP contribution in [0.1, 0.15) is 17.3 Å². The second-order valence-electron chi connectivity index (χ2n) is 4.31. The van der Waals surface area contributed by atoms with Crippen LogP contribution in [0.25, 0.3) is 0 Å². The highest BCUT2D eigenvalue weighted by molar-refractivity contribution is 5.99. The number of halogens is 1. The summed E-state index contributed by atoms with van der Waals surface area (Å²) in [6.45, 7) is 3.80. The fourth-order valence-corrected chi connectivity index (χ4v) is 1.96. The van der Waals surface area contributed by atoms with Crippen LogP contribution in [-0.2, 0) is 4.74 Å². The van der Waals surface area contributed by atoms with Gasteiger partial charge in [0, 0.05) is 18.7 Å². The lowest BCUT2D eigenvalue weighted by molar-refractivity contribution is 0.0779. The lowest BCUT2D eigenvalue weighted by Crippen LogP contribution is -2.36. The Morgan fingerprint density at radius 3 is 2.67 bits per heavy atom. The highest BCUT2D eigenvalue weighted by atomic mass is 19.1. The highest BCUT2D eigenvalue weighted by Gasteiger charge is 2.18. The molecule has 0 aromatic heterocycles. The Labute approximate surface area is 105 Å². The molecule has 0 saturated carbocycles. The van der Waals surface area contributed by atoms with E-state index in [0.717, 1.165) is 0 Å². The molecule has 1 unspecified atom stereocenters. The largest absolute Gasteiger partial charge is 0.385 e. The van der Waals surface area contributed by atoms with Gasteiger partial charge in [0.1, 0.15) is 11.9 Å². The summed E-state index contributed by atoms with van der Waals surface area (Å²) in [7, 11) is 0. The number of Topliss-reactive ketones (excluding diaryl/α,β-unsaturated/α-hetero) is 1. The van der Waals surface area contributed by atoms with Gasteiger partial charge >= 0.3 is 0 Å². The molecule has 5 heteroatoms. The Balaban J connectivity index is 2.21. The fraction of sp³-hybridized carbons (Fsp3) is 0.462. The van der Waals surface area contributed by atoms with Gasteiger partial charge < -0.3 is 14.7 Å². The number of carbonyl (C=O) groups excluding carboxylic acids is 1. The molecule has 1 N–H and O–H groups in total. The SMILES string of the molecule is CC(O)C(=O)c1ccc(N2CCOCC2)c(F)c1. The number of aliphatic hydroxyl groups is 1. The second kappa shape index (κ2) is 5.46. The summed E-state index contributed by atoms with van der Waals surface area (Å²) in [4.78, 5) is 13.4. The molecule has 1 atom stereocenters. The first-order chi connectivity index (χ1) is 8.59. The van der Waals surface area contributed by atoms with Crippen LogP contribution < -0.4 is 4.90 Å². The molecule has 1 heterocycles. The maximum Gasteiger partial charge on any atom is 0.191 e. The maximum atomic E-state index is 13.9. The van der Waals surface area contributed by atoms with Crippen LogP contribution in [0.3, 0.4) is 0 Å². The molecule has 98 valence electrons. The molecule has 2 rings (SSSR count). The first-order valence-electron chi connectivity index (χ1n) is 5.94. The van der Waals surface area contributed by atoms with Crippen molar-refractivity contribution in [3.05, 3.63) is 29.6 Å². The van der Waals surface area contributed by atoms with Crippen LogP contribution in [0, 0.1) is 5.82 Å². The first kappa shape index (κ1) is 13.0. The van der Waals surface area contributed by atoms with Crippen molar-refractivity contribution in [3.63, 3.8) is 0 Å². The number of hydrogen-bond donors (Lipinski definition) is 1. The van der Waals surface area contributed by atoms with Crippen LogP contribution in [0.15, 0.2) is 18.2 Å². The standard InChI is InChI=1S/C13H16FNO3/c1-9(16)13(17)10-2-3-12(11(14)8-10)15-4-6-18-7-5-15/h2-3,8-9,16H,4-7H2,1H3. The maximum absolute atomic E-state index is 13.9. The summed E-state index contributed by atoms with van der Waals surface area (Å²) < 4.78 is 19.1. The van der Waals surface area contributed by atoms with Gasteiger partial charge in [0.2, 0.25) is 0 Å². The van der Waals surface area contributed by atoms with Crippen molar-refractivity contribution < 1.29 is 19.0 Å². The number of nitrogens with zero attached hydrogens (tertiary/aromatic N) is 1. The Morgan fingerprint density at radius 2 is 2.11 bits per heavy atom. The zero-order valence-corrected chi connectivity index (χ0v) is 10.2. The van der Waals surface area contributed by atoms with E-state index < -0.39 is 17.7 Å². The summed E-state index contributed by atoms with van der Waals surface area (Å²) >= 11 is 0. The fourth-order valence-electron chi connectivity index (χ4n) is 1.96. The number of carbonyl (C=O) groups is 1. The number of rotatable bonds is 3. The minimum Gasteiger partial charge on any atom is -0.385 e. The first-order valence-corrected chi connectivity index (χ1v) is 5.94. The Morgan fingerprint density at radius 1 is 1.44 bits per heavy atom. The summed E-state index contributed by atoms with van der Waals surface area (Å²) in [6.07, 6.45) is -1.11. The topological polar surface area (TPSA) is 49.8 Å². The normalized spacial score (nSPS) is 17.6. The molecular weight excluding hydrogens is 237 g/mol. The summed E-state index contributed by atoms with van der Waals surface area (Å²) in [5.74, 6) is -0.911. The van der Waals surface area contributed by atoms with Gasteiger partial charge in [0.15, 0.2) is 5.78 Å². The van der Waals surface area contributed by atoms with Gasteiger partial charge in [0.05, 0.1) is 18.9 Å². The van der Waals surface area contributed by atoms with Crippen LogP contribution in [-0.4, -0.2) is 43.3 Å². The number of hydrogen-bond acceptors (Lipinski definition) is 4. The number of anilines is 1. The van der Waals surface area contributed by atoms with Gasteiger partial charge in [-0.25, -0.2) is 4.39 Å². The van der Waals surface area contributed by atoms with E-state index in [2.05, 4.69) is 0 Å². The number of benzene rings is 1. The molecule has 0 bridgehead atoms. The molecule has 1 aromatic carbocycles. The molecule has 1 fully saturated rings. The lowest BCUT2D eigenvalue weighted by Gasteiger charge is -2.29. The molecule has 1 saturated heterocycles. The van der Waals surface area contributed by atoms with E-state index in [1.807, 2.05) is 4.90 Å². The van der Waals surface area contributed by atoms with Gasteiger partial charge in [-0.2, -0.15) is 0 Å². The third-order valence-electron chi connectivity index (χ3n) is 2.96. The van der Waals surface area contributed by atoms with Crippen molar-refractivity contribution in [2.45, 2.75) is 13.0 Å². The molecule has 0 aliphatic carbocycles. The van der Waals surface area contributed by atoms with E-state index in [1.165, 1.54) is 13.0 Å². The minimum atomic E-state index is -1.11. The third-order valence-corrected chi connectivity index (χ3v) is 2.96. The molecule has 0 amide bonds. The second-order valence-corrected chi connectivity index (χ2v) is 4.31. The van der Waals surface area contributed by atoms with Gasteiger partial charge in [-0.05, 0) is 25.1 Å². The zero-order valence-electron chi connectivity index (χ0n) is 10.2. The molecular formula is C13H16FNO3. The van der Waals surface area contributed by atoms with Crippen molar-refractivity contribution in [2.75, 3.05) is 31.2 Å². The number of aliphatic hydroxyl groups excluding tert-OH is 1. The molecule has 1 aliphatic rings. The Bertz CT molecular complexity index is 442. The van der Waals surface area contributed by atoms with Crippen molar-refractivity contribution in [3.8, 4) is 0 Å². The van der Waals surface area contributed by atoms with Crippen molar-refractivity contribution >= 4 is 11.5 Å². The molecule has 1 aliphatic heterocycles. The number of ether oxygens (including phenoxy) is 1. The van der Waals surface area contributed by atoms with E-state index in [1.54, 1.807) is 12.1 Å². The summed E-state index contributed by atoms with van der Waals surface area (Å²) in [5, 5.41) is 9.18. The molecule has 1 aromatic rings. The predicted octanol–water partition coefficient (Wildman–Crippen LogP) is 1.23. The molecule has 0 radical (unpaired) electrons. The Hall–Kier alpha value is -1.46. The van der Waals surface area contributed by atoms with Gasteiger partial charge in [0.25, 0.3) is 0 Å². The van der Waals surface area contributed by atoms with Crippen LogP contribution in [0.2, 0.25) is 0 Å². The smallest absolute Gasteiger partial charge is 0.191 e. The summed E-state index contributed by atoms with van der Waals surface area (Å²) in [6, 6.07) is 4.30. The molecule has 4 nitrogen and oxygen atoms in total. The van der Waals surface area contributed by atoms with Crippen molar-refractivity contribution in [2.24, 2.45) is 0 Å². The van der Waals surface area contributed by atoms with Crippen LogP contribution in [0.4, 0.5) is 10.1 Å². The highest BCUT2D eigenvalue weighted by Crippen LogP contribution is 2.22. The van der Waals surface area contributed by atoms with Gasteiger partial charge in [-0.1, -0.05) is 0 Å². The molecule has 0 spiro atoms. The van der Waals surface area contributed by atoms with E-state index in [-0.39, 0.29) is 5.56 Å². The predicted molar refractivity (Wildman–Crippen MR) is 65.4 cm³/mol. The van der Waals surface area contributed by atoms with Crippen molar-refractivity contribution in [1.82, 2.24) is 0 Å². The van der Waals surface area contributed by atoms with Crippen molar-refractivity contribution in [1.29, 1.82) is 0 Å². The minimum absolute atomic E-state index is 0.194. The van der Waals surface area contributed by atoms with E-state index in [9.17, 15) is 14.3 Å². The average Bonchev–Trinajstić information content (AvgIpc) is 2.38. The third kappa shape index (κ3) is 2.68. The van der Waals surface area contributed by atoms with E-state index >= 15 is 0 Å². The van der Waals surface area contributed by atoms with Gasteiger partial charge in [-0.15, -0.1) is 0 Å². The average molecular weight is 253 g/mol. The lowest BCUT2D eigenvalue weighted by atomic mass is 10.1. The monoisotopic (exact) mass is 253 g/mol. The van der Waals surface area contributed by atoms with Crippen LogP contribution in [0.5, 0.6) is 0 Å². The number of morpholine rings is 1. The number of ketones is 1. The van der Waals surface area contributed by atoms with E-state index in [4.69, 9.17) is 4.74 Å². The van der Waals surface area contributed by atoms with Gasteiger partial charge in [-0.3, -0.25) is 4.79 Å². The van der Waals surface area contributed by atoms with Crippen LogP contribution >= 0.6 is 0 Å². The van der Waals surface area contributed by atoms with E-state index in [0.29, 0.717) is 32.0 Å².